The number of fused-ring (bicyclic) bond motifs is 1. The maximum absolute atomic E-state index is 12.1. The molecular formula is C13H16N4O3S. The summed E-state index contributed by atoms with van der Waals surface area (Å²) in [7, 11) is 0. The van der Waals surface area contributed by atoms with Crippen LogP contribution in [0.15, 0.2) is 17.8 Å². The summed E-state index contributed by atoms with van der Waals surface area (Å²) in [5.41, 5.74) is -0.0515. The summed E-state index contributed by atoms with van der Waals surface area (Å²) >= 11 is 1.53. The maximum atomic E-state index is 12.1. The Morgan fingerprint density at radius 2 is 2.38 bits per heavy atom. The van der Waals surface area contributed by atoms with Crippen LogP contribution in [0.25, 0.3) is 4.96 Å². The summed E-state index contributed by atoms with van der Waals surface area (Å²) in [6.45, 7) is 2.72. The molecule has 0 saturated carbocycles. The highest BCUT2D eigenvalue weighted by Crippen LogP contribution is 2.29. The van der Waals surface area contributed by atoms with Crippen LogP contribution >= 0.6 is 11.3 Å². The van der Waals surface area contributed by atoms with E-state index in [0.29, 0.717) is 19.5 Å². The van der Waals surface area contributed by atoms with Crippen molar-refractivity contribution in [1.29, 1.82) is 0 Å². The first-order chi connectivity index (χ1) is 9.98. The highest BCUT2D eigenvalue weighted by atomic mass is 32.1. The van der Waals surface area contributed by atoms with Crippen molar-refractivity contribution in [3.05, 3.63) is 23.5 Å². The fourth-order valence-corrected chi connectivity index (χ4v) is 3.17. The summed E-state index contributed by atoms with van der Waals surface area (Å²) < 4.78 is 1.91. The Morgan fingerprint density at radius 1 is 1.57 bits per heavy atom. The first-order valence-corrected chi connectivity index (χ1v) is 7.53. The van der Waals surface area contributed by atoms with Gasteiger partial charge in [0.15, 0.2) is 4.96 Å². The number of nitrogens with zero attached hydrogens (tertiary/aromatic N) is 3. The number of aliphatic carboxylic acids is 1. The Hall–Kier alpha value is -2.09. The average Bonchev–Trinajstić information content (AvgIpc) is 3.10. The number of imidazole rings is 1. The number of carboxylic acid groups (broad SMARTS) is 1. The molecule has 1 unspecified atom stereocenters. The number of nitrogens with one attached hydrogen (secondary N) is 1. The third-order valence-corrected chi connectivity index (χ3v) is 4.61. The second-order valence-electron chi connectivity index (χ2n) is 5.52. The zero-order valence-electron chi connectivity index (χ0n) is 11.6. The Labute approximate surface area is 125 Å². The first kappa shape index (κ1) is 13.9. The van der Waals surface area contributed by atoms with Gasteiger partial charge in [0.25, 0.3) is 0 Å². The smallest absolute Gasteiger partial charge is 0.317 e. The molecule has 2 aromatic rings. The van der Waals surface area contributed by atoms with Crippen molar-refractivity contribution < 1.29 is 14.7 Å². The molecule has 0 aliphatic carbocycles. The highest BCUT2D eigenvalue weighted by Gasteiger charge is 2.42. The molecule has 1 saturated heterocycles. The molecule has 0 spiro atoms. The van der Waals surface area contributed by atoms with Crippen LogP contribution < -0.4 is 5.32 Å². The summed E-state index contributed by atoms with van der Waals surface area (Å²) in [5, 5.41) is 13.9. The zero-order valence-corrected chi connectivity index (χ0v) is 12.4. The van der Waals surface area contributed by atoms with Crippen molar-refractivity contribution >= 4 is 28.3 Å². The van der Waals surface area contributed by atoms with Crippen LogP contribution in [0.5, 0.6) is 0 Å². The monoisotopic (exact) mass is 308 g/mol. The molecule has 1 aliphatic heterocycles. The number of amides is 2. The van der Waals surface area contributed by atoms with Crippen LogP contribution in [-0.4, -0.2) is 44.5 Å². The van der Waals surface area contributed by atoms with E-state index in [1.54, 1.807) is 11.8 Å². The quantitative estimate of drug-likeness (QED) is 0.897. The van der Waals surface area contributed by atoms with Crippen molar-refractivity contribution in [1.82, 2.24) is 19.6 Å². The predicted molar refractivity (Wildman–Crippen MR) is 77.2 cm³/mol. The molecule has 0 radical (unpaired) electrons. The molecule has 3 rings (SSSR count). The normalized spacial score (nSPS) is 21.9. The van der Waals surface area contributed by atoms with Crippen LogP contribution in [0.4, 0.5) is 4.79 Å². The number of carboxylic acids is 1. The molecule has 2 amide bonds. The van der Waals surface area contributed by atoms with Gasteiger partial charge >= 0.3 is 12.0 Å². The lowest BCUT2D eigenvalue weighted by molar-refractivity contribution is -0.146. The highest BCUT2D eigenvalue weighted by molar-refractivity contribution is 7.15. The molecule has 7 nitrogen and oxygen atoms in total. The van der Waals surface area contributed by atoms with Gasteiger partial charge in [-0.15, -0.1) is 11.3 Å². The van der Waals surface area contributed by atoms with Crippen molar-refractivity contribution in [3.63, 3.8) is 0 Å². The molecule has 21 heavy (non-hydrogen) atoms. The predicted octanol–water partition coefficient (Wildman–Crippen LogP) is 1.40. The van der Waals surface area contributed by atoms with Crippen LogP contribution in [0.3, 0.4) is 0 Å². The fourth-order valence-electron chi connectivity index (χ4n) is 2.45. The van der Waals surface area contributed by atoms with E-state index in [1.165, 1.54) is 11.3 Å². The van der Waals surface area contributed by atoms with Crippen molar-refractivity contribution in [2.75, 3.05) is 13.1 Å². The molecule has 0 aromatic carbocycles. The SMILES string of the molecule is CC1(C(=O)O)CCN(C(=O)NCc2cn3ccsc3n2)C1. The molecule has 1 atom stereocenters. The Bertz CT molecular complexity index is 666. The van der Waals surface area contributed by atoms with Gasteiger partial charge in [0.05, 0.1) is 17.7 Å². The van der Waals surface area contributed by atoms with Gasteiger partial charge in [-0.25, -0.2) is 9.78 Å². The van der Waals surface area contributed by atoms with Gasteiger partial charge in [-0.1, -0.05) is 0 Å². The fraction of sp³-hybridized carbons (Fsp3) is 0.462. The summed E-state index contributed by atoms with van der Waals surface area (Å²) in [6, 6.07) is -0.240. The Morgan fingerprint density at radius 3 is 3.05 bits per heavy atom. The third-order valence-electron chi connectivity index (χ3n) is 3.84. The van der Waals surface area contributed by atoms with E-state index in [1.807, 2.05) is 22.2 Å². The molecular weight excluding hydrogens is 292 g/mol. The second-order valence-corrected chi connectivity index (χ2v) is 6.39. The maximum Gasteiger partial charge on any atom is 0.317 e. The number of thiazole rings is 1. The molecule has 8 heteroatoms. The number of hydrogen-bond acceptors (Lipinski definition) is 4. The van der Waals surface area contributed by atoms with Crippen LogP contribution in [0.2, 0.25) is 0 Å². The summed E-state index contributed by atoms with van der Waals surface area (Å²) in [6.07, 6.45) is 4.27. The molecule has 1 fully saturated rings. The van der Waals surface area contributed by atoms with Gasteiger partial charge in [-0.3, -0.25) is 9.20 Å². The van der Waals surface area contributed by atoms with Crippen molar-refractivity contribution in [2.45, 2.75) is 19.9 Å². The number of hydrogen-bond donors (Lipinski definition) is 2. The molecule has 1 aliphatic rings. The Balaban J connectivity index is 1.57. The van der Waals surface area contributed by atoms with E-state index < -0.39 is 11.4 Å². The minimum Gasteiger partial charge on any atom is -0.481 e. The number of urea groups is 1. The lowest BCUT2D eigenvalue weighted by Crippen LogP contribution is -2.40. The van der Waals surface area contributed by atoms with E-state index in [-0.39, 0.29) is 12.6 Å². The number of likely N-dealkylation sites (tertiary alicyclic amines) is 1. The Kier molecular flexibility index (Phi) is 3.32. The molecule has 3 heterocycles. The lowest BCUT2D eigenvalue weighted by atomic mass is 9.90. The van der Waals surface area contributed by atoms with Gasteiger partial charge in [0.1, 0.15) is 0 Å². The topological polar surface area (TPSA) is 86.9 Å². The minimum absolute atomic E-state index is 0.240. The van der Waals surface area contributed by atoms with Gasteiger partial charge in [-0.2, -0.15) is 0 Å². The number of rotatable bonds is 3. The van der Waals surface area contributed by atoms with E-state index in [2.05, 4.69) is 10.3 Å². The zero-order chi connectivity index (χ0) is 15.0. The molecule has 2 aromatic heterocycles. The van der Waals surface area contributed by atoms with Crippen LogP contribution in [0.1, 0.15) is 19.0 Å². The third kappa shape index (κ3) is 2.58. The average molecular weight is 308 g/mol. The minimum atomic E-state index is -0.855. The molecule has 2 N–H and O–H groups in total. The lowest BCUT2D eigenvalue weighted by Gasteiger charge is -2.20. The van der Waals surface area contributed by atoms with Gasteiger partial charge in [0, 0.05) is 30.9 Å². The van der Waals surface area contributed by atoms with Gasteiger partial charge in [0.2, 0.25) is 0 Å². The van der Waals surface area contributed by atoms with Crippen molar-refractivity contribution in [3.8, 4) is 0 Å². The van der Waals surface area contributed by atoms with Gasteiger partial charge in [-0.05, 0) is 13.3 Å². The van der Waals surface area contributed by atoms with Crippen LogP contribution in [0, 0.1) is 5.41 Å². The van der Waals surface area contributed by atoms with Gasteiger partial charge < -0.3 is 15.3 Å². The standard InChI is InChI=1S/C13H16N4O3S/c1-13(10(18)19)2-3-17(8-13)11(20)14-6-9-7-16-4-5-21-12(16)15-9/h4-5,7H,2-3,6,8H2,1H3,(H,14,20)(H,18,19). The van der Waals surface area contributed by atoms with Crippen molar-refractivity contribution in [2.24, 2.45) is 5.41 Å². The molecule has 0 bridgehead atoms. The summed E-state index contributed by atoms with van der Waals surface area (Å²) in [5.74, 6) is -0.855. The second kappa shape index (κ2) is 5.03. The van der Waals surface area contributed by atoms with E-state index >= 15 is 0 Å². The van der Waals surface area contributed by atoms with E-state index in [0.717, 1.165) is 10.7 Å². The number of carbonyl (C=O) groups is 2. The molecule has 112 valence electrons. The largest absolute Gasteiger partial charge is 0.481 e. The first-order valence-electron chi connectivity index (χ1n) is 6.65. The summed E-state index contributed by atoms with van der Waals surface area (Å²) in [4.78, 5) is 30.1. The number of aromatic nitrogens is 2. The van der Waals surface area contributed by atoms with Crippen LogP contribution in [-0.2, 0) is 11.3 Å². The van der Waals surface area contributed by atoms with E-state index in [4.69, 9.17) is 5.11 Å². The van der Waals surface area contributed by atoms with E-state index in [9.17, 15) is 9.59 Å². The number of carbonyl (C=O) groups excluding carboxylic acids is 1.